The number of nitrogens with zero attached hydrogens (tertiary/aromatic N) is 3. The molecular weight excluding hydrogens is 927 g/mol. The van der Waals surface area contributed by atoms with Crippen molar-refractivity contribution in [2.24, 2.45) is 0 Å². The summed E-state index contributed by atoms with van der Waals surface area (Å²) in [7, 11) is 0. The number of hydrogen-bond acceptors (Lipinski definition) is 5. The molecule has 1 saturated heterocycles. The van der Waals surface area contributed by atoms with Crippen molar-refractivity contribution in [3.63, 3.8) is 0 Å². The van der Waals surface area contributed by atoms with Gasteiger partial charge in [0.1, 0.15) is 5.69 Å². The van der Waals surface area contributed by atoms with Crippen molar-refractivity contribution in [3.8, 4) is 33.4 Å². The Kier molecular flexibility index (Phi) is 12.7. The van der Waals surface area contributed by atoms with E-state index in [0.29, 0.717) is 5.92 Å². The largest absolute Gasteiger partial charge is 0.616 e. The molecule has 0 unspecified atom stereocenters. The van der Waals surface area contributed by atoms with Crippen molar-refractivity contribution in [1.29, 1.82) is 0 Å². The standard InChI is InChI=1S/C70H61N5O/c1-49-44-55(58-47-71-70(72-48-58)54-28-26-51(27-29-54)50-16-14-15-17-50)34-41-67(49)75(76)68-42-35-56(52-30-37-63(38-31-52)73(59-18-6-2-7-19-59)60-20-8-3-9-21-60)45-65(68)66-46-57(36-43-69(66)75)53-32-39-64(40-33-53)74(61-22-10-4-11-23-61)62-24-12-5-13-25-62/h2-13,18-46,50,58,70-72H,14-17,47-48H2,1H3. The Morgan fingerprint density at radius 1 is 0.368 bits per heavy atom. The minimum Gasteiger partial charge on any atom is -0.616 e. The smallest absolute Gasteiger partial charge is 0.151 e. The zero-order chi connectivity index (χ0) is 51.0. The van der Waals surface area contributed by atoms with Gasteiger partial charge < -0.3 is 15.0 Å². The highest BCUT2D eigenvalue weighted by molar-refractivity contribution is 6.02. The highest BCUT2D eigenvalue weighted by atomic mass is 16.5. The molecule has 372 valence electrons. The fourth-order valence-electron chi connectivity index (χ4n) is 12.3. The van der Waals surface area contributed by atoms with Crippen LogP contribution >= 0.6 is 0 Å². The van der Waals surface area contributed by atoms with Gasteiger partial charge in [0.25, 0.3) is 0 Å². The SMILES string of the molecule is Cc1cc(C2CNC(c3ccc(C4CCCC4)cc3)NC2)ccc1[N+]1([O-])c2ccc(-c3ccc(N(c4ccccc4)c4ccccc4)cc3)cc2-c2cc(-c3ccc(N(c4ccccc4)c4ccccc4)cc3)ccc21. The van der Waals surface area contributed by atoms with Crippen LogP contribution in [0.25, 0.3) is 33.4 Å². The normalized spacial score (nSPS) is 16.7. The molecule has 2 N–H and O–H groups in total. The molecule has 76 heavy (non-hydrogen) atoms. The first-order valence-electron chi connectivity index (χ1n) is 27.0. The van der Waals surface area contributed by atoms with Gasteiger partial charge in [0, 0.05) is 76.9 Å². The topological polar surface area (TPSA) is 53.6 Å². The van der Waals surface area contributed by atoms with E-state index >= 15 is 5.21 Å². The molecule has 0 amide bonds. The molecule has 2 heterocycles. The first-order valence-corrected chi connectivity index (χ1v) is 27.0. The average Bonchev–Trinajstić information content (AvgIpc) is 4.23. The molecule has 2 fully saturated rings. The molecule has 1 aliphatic carbocycles. The second-order valence-corrected chi connectivity index (χ2v) is 20.8. The Labute approximate surface area is 447 Å². The summed E-state index contributed by atoms with van der Waals surface area (Å²) < 4.78 is -0.665. The molecule has 0 bridgehead atoms. The zero-order valence-corrected chi connectivity index (χ0v) is 42.9. The summed E-state index contributed by atoms with van der Waals surface area (Å²) in [6.07, 6.45) is 5.44. The van der Waals surface area contributed by atoms with Gasteiger partial charge in [-0.2, -0.15) is 0 Å². The molecule has 1 saturated carbocycles. The maximum atomic E-state index is 16.3. The second kappa shape index (κ2) is 20.4. The summed E-state index contributed by atoms with van der Waals surface area (Å²) in [5.74, 6) is 0.982. The Hall–Kier alpha value is -8.36. The van der Waals surface area contributed by atoms with Crippen molar-refractivity contribution < 1.29 is 0 Å². The maximum Gasteiger partial charge on any atom is 0.151 e. The predicted octanol–water partition coefficient (Wildman–Crippen LogP) is 18.4. The first kappa shape index (κ1) is 47.4. The lowest BCUT2D eigenvalue weighted by Gasteiger charge is -2.40. The number of anilines is 6. The monoisotopic (exact) mass is 987 g/mol. The lowest BCUT2D eigenvalue weighted by molar-refractivity contribution is 0.348. The number of quaternary nitrogens is 1. The van der Waals surface area contributed by atoms with Crippen LogP contribution in [0.15, 0.2) is 249 Å². The van der Waals surface area contributed by atoms with Crippen LogP contribution in [-0.2, 0) is 0 Å². The molecule has 13 rings (SSSR count). The quantitative estimate of drug-likeness (QED) is 0.0944. The Morgan fingerprint density at radius 2 is 0.737 bits per heavy atom. The van der Waals surface area contributed by atoms with Crippen molar-refractivity contribution in [2.45, 2.75) is 50.6 Å². The van der Waals surface area contributed by atoms with Gasteiger partial charge in [-0.3, -0.25) is 15.3 Å². The van der Waals surface area contributed by atoms with Gasteiger partial charge in [-0.1, -0.05) is 140 Å². The Bertz CT molecular complexity index is 3360. The fraction of sp³-hybridized carbons (Fsp3) is 0.143. The molecule has 0 spiro atoms. The molecule has 0 aromatic heterocycles. The van der Waals surface area contributed by atoms with Crippen LogP contribution in [-0.4, -0.2) is 13.1 Å². The molecule has 0 atom stereocenters. The lowest BCUT2D eigenvalue weighted by atomic mass is 9.93. The summed E-state index contributed by atoms with van der Waals surface area (Å²) in [4.78, 5) is 4.56. The van der Waals surface area contributed by atoms with Gasteiger partial charge in [-0.25, -0.2) is 0 Å². The van der Waals surface area contributed by atoms with E-state index in [9.17, 15) is 0 Å². The third-order valence-electron chi connectivity index (χ3n) is 16.2. The van der Waals surface area contributed by atoms with E-state index in [1.165, 1.54) is 42.4 Å². The lowest BCUT2D eigenvalue weighted by Crippen LogP contribution is -2.45. The molecule has 10 aromatic carbocycles. The summed E-state index contributed by atoms with van der Waals surface area (Å²) in [6.45, 7) is 3.82. The summed E-state index contributed by atoms with van der Waals surface area (Å²) in [5.41, 5.74) is 19.8. The molecule has 2 aliphatic heterocycles. The number of aryl methyl sites for hydroxylation is 1. The Morgan fingerprint density at radius 3 is 1.16 bits per heavy atom. The van der Waals surface area contributed by atoms with Gasteiger partial charge in [0.2, 0.25) is 0 Å². The second-order valence-electron chi connectivity index (χ2n) is 20.8. The predicted molar refractivity (Wildman–Crippen MR) is 317 cm³/mol. The number of para-hydroxylation sites is 4. The van der Waals surface area contributed by atoms with Gasteiger partial charge in [-0.15, -0.1) is 0 Å². The number of benzene rings is 10. The van der Waals surface area contributed by atoms with E-state index in [0.717, 1.165) is 103 Å². The highest BCUT2D eigenvalue weighted by Crippen LogP contribution is 2.59. The van der Waals surface area contributed by atoms with E-state index in [-0.39, 0.29) is 12.1 Å². The third-order valence-corrected chi connectivity index (χ3v) is 16.2. The third kappa shape index (κ3) is 8.89. The maximum absolute atomic E-state index is 16.3. The number of hydrogen-bond donors (Lipinski definition) is 2. The van der Waals surface area contributed by atoms with Crippen LogP contribution in [0.1, 0.15) is 65.9 Å². The Balaban J connectivity index is 0.837. The van der Waals surface area contributed by atoms with Crippen LogP contribution in [0.5, 0.6) is 0 Å². The van der Waals surface area contributed by atoms with Gasteiger partial charge in [0.05, 0.1) is 17.3 Å². The van der Waals surface area contributed by atoms with Gasteiger partial charge in [0.15, 0.2) is 11.4 Å². The molecule has 0 radical (unpaired) electrons. The zero-order valence-electron chi connectivity index (χ0n) is 42.9. The van der Waals surface area contributed by atoms with Gasteiger partial charge >= 0.3 is 0 Å². The van der Waals surface area contributed by atoms with Crippen LogP contribution in [0.4, 0.5) is 51.2 Å². The molecule has 6 nitrogen and oxygen atoms in total. The molecular formula is C70H61N5O. The van der Waals surface area contributed by atoms with E-state index in [2.05, 4.69) is 276 Å². The van der Waals surface area contributed by atoms with Crippen LogP contribution in [0, 0.1) is 12.1 Å². The van der Waals surface area contributed by atoms with Crippen molar-refractivity contribution >= 4 is 51.2 Å². The summed E-state index contributed by atoms with van der Waals surface area (Å²) in [6, 6.07) is 88.3. The molecule has 10 aromatic rings. The highest BCUT2D eigenvalue weighted by Gasteiger charge is 2.41. The first-order chi connectivity index (χ1) is 37.5. The van der Waals surface area contributed by atoms with Crippen molar-refractivity contribution in [2.75, 3.05) is 22.9 Å². The van der Waals surface area contributed by atoms with Crippen LogP contribution < -0.4 is 25.1 Å². The minimum atomic E-state index is -0.665. The average molecular weight is 988 g/mol. The minimum absolute atomic E-state index is 0.115. The van der Waals surface area contributed by atoms with E-state index in [1.807, 2.05) is 0 Å². The molecule has 6 heteroatoms. The van der Waals surface area contributed by atoms with Gasteiger partial charge in [-0.05, 0) is 168 Å². The van der Waals surface area contributed by atoms with E-state index in [4.69, 9.17) is 0 Å². The summed E-state index contributed by atoms with van der Waals surface area (Å²) in [5, 5.41) is 23.9. The van der Waals surface area contributed by atoms with E-state index in [1.54, 1.807) is 0 Å². The van der Waals surface area contributed by atoms with Crippen LogP contribution in [0.3, 0.4) is 0 Å². The van der Waals surface area contributed by atoms with E-state index < -0.39 is 4.65 Å². The summed E-state index contributed by atoms with van der Waals surface area (Å²) >= 11 is 0. The van der Waals surface area contributed by atoms with Crippen LogP contribution in [0.2, 0.25) is 0 Å². The number of fused-ring (bicyclic) bond motifs is 3. The van der Waals surface area contributed by atoms with Crippen molar-refractivity contribution in [1.82, 2.24) is 15.3 Å². The van der Waals surface area contributed by atoms with Crippen molar-refractivity contribution in [3.05, 3.63) is 276 Å². The number of rotatable bonds is 12. The molecule has 3 aliphatic rings. The number of nitrogens with one attached hydrogen (secondary N) is 2. The fourth-order valence-corrected chi connectivity index (χ4v) is 12.3.